The molecule has 1 atom stereocenters. The second-order valence-corrected chi connectivity index (χ2v) is 5.57. The lowest BCUT2D eigenvalue weighted by Gasteiger charge is -2.18. The quantitative estimate of drug-likeness (QED) is 0.539. The standard InChI is InChI=1S/C20H20O7/c1-3-9-26-14-7-5-13(6-8-14)16(11-18(23)25-4-2)20-19(24)17(22)10-15(12-21)27-20/h1,5-8,10,16,21,24H,4,9,11-12H2,2H3/t16-/m1/s1. The van der Waals surface area contributed by atoms with Gasteiger partial charge in [0, 0.05) is 6.07 Å². The summed E-state index contributed by atoms with van der Waals surface area (Å²) in [5.41, 5.74) is -0.118. The molecule has 2 N–H and O–H groups in total. The minimum absolute atomic E-state index is 0.0179. The van der Waals surface area contributed by atoms with Crippen LogP contribution >= 0.6 is 0 Å². The van der Waals surface area contributed by atoms with Crippen LogP contribution in [0.3, 0.4) is 0 Å². The molecule has 142 valence electrons. The lowest BCUT2D eigenvalue weighted by molar-refractivity contribution is -0.143. The molecule has 0 aliphatic heterocycles. The Morgan fingerprint density at radius 1 is 1.33 bits per heavy atom. The summed E-state index contributed by atoms with van der Waals surface area (Å²) in [6.45, 7) is 1.46. The van der Waals surface area contributed by atoms with E-state index in [1.54, 1.807) is 31.2 Å². The van der Waals surface area contributed by atoms with Crippen LogP contribution in [-0.4, -0.2) is 29.4 Å². The minimum Gasteiger partial charge on any atom is -0.502 e. The number of terminal acetylenes is 1. The Morgan fingerprint density at radius 3 is 2.63 bits per heavy atom. The fourth-order valence-corrected chi connectivity index (χ4v) is 2.54. The topological polar surface area (TPSA) is 106 Å². The van der Waals surface area contributed by atoms with Gasteiger partial charge in [0.15, 0.2) is 5.76 Å². The summed E-state index contributed by atoms with van der Waals surface area (Å²) in [5.74, 6) is 0.828. The summed E-state index contributed by atoms with van der Waals surface area (Å²) < 4.78 is 15.8. The van der Waals surface area contributed by atoms with Gasteiger partial charge in [0.2, 0.25) is 11.2 Å². The van der Waals surface area contributed by atoms with E-state index in [1.165, 1.54) is 0 Å². The number of esters is 1. The first kappa shape index (κ1) is 20.1. The Hall–Kier alpha value is -3.24. The van der Waals surface area contributed by atoms with Crippen molar-refractivity contribution in [3.05, 3.63) is 57.6 Å². The monoisotopic (exact) mass is 372 g/mol. The van der Waals surface area contributed by atoms with E-state index < -0.39 is 29.7 Å². The maximum Gasteiger partial charge on any atom is 0.306 e. The number of aliphatic hydroxyl groups excluding tert-OH is 1. The fraction of sp³-hybridized carbons (Fsp3) is 0.300. The van der Waals surface area contributed by atoms with E-state index in [-0.39, 0.29) is 31.2 Å². The molecule has 0 radical (unpaired) electrons. The lowest BCUT2D eigenvalue weighted by atomic mass is 9.92. The van der Waals surface area contributed by atoms with Crippen molar-refractivity contribution in [3.63, 3.8) is 0 Å². The first-order chi connectivity index (χ1) is 13.0. The molecule has 2 aromatic rings. The third-order valence-electron chi connectivity index (χ3n) is 3.75. The summed E-state index contributed by atoms with van der Waals surface area (Å²) in [6, 6.07) is 7.63. The van der Waals surface area contributed by atoms with Crippen LogP contribution in [0, 0.1) is 12.3 Å². The highest BCUT2D eigenvalue weighted by Crippen LogP contribution is 2.34. The molecule has 0 unspecified atom stereocenters. The van der Waals surface area contributed by atoms with Crippen molar-refractivity contribution >= 4 is 5.97 Å². The molecule has 0 fully saturated rings. The van der Waals surface area contributed by atoms with Gasteiger partial charge < -0.3 is 24.1 Å². The third-order valence-corrected chi connectivity index (χ3v) is 3.75. The van der Waals surface area contributed by atoms with E-state index in [2.05, 4.69) is 5.92 Å². The van der Waals surface area contributed by atoms with E-state index in [4.69, 9.17) is 20.3 Å². The molecule has 7 nitrogen and oxygen atoms in total. The zero-order valence-electron chi connectivity index (χ0n) is 14.8. The molecule has 1 aromatic heterocycles. The number of aromatic hydroxyl groups is 1. The molecule has 0 aliphatic rings. The number of carbonyl (C=O) groups is 1. The van der Waals surface area contributed by atoms with E-state index in [0.29, 0.717) is 11.3 Å². The molecule has 0 saturated carbocycles. The van der Waals surface area contributed by atoms with Crippen molar-refractivity contribution in [1.29, 1.82) is 0 Å². The van der Waals surface area contributed by atoms with E-state index in [9.17, 15) is 19.8 Å². The van der Waals surface area contributed by atoms with Gasteiger partial charge in [-0.15, -0.1) is 6.42 Å². The molecule has 0 aliphatic carbocycles. The smallest absolute Gasteiger partial charge is 0.306 e. The highest BCUT2D eigenvalue weighted by Gasteiger charge is 2.26. The Labute approximate surface area is 156 Å². The number of carbonyl (C=O) groups excluding carboxylic acids is 1. The predicted octanol–water partition coefficient (Wildman–Crippen LogP) is 1.93. The highest BCUT2D eigenvalue weighted by atomic mass is 16.5. The van der Waals surface area contributed by atoms with Crippen molar-refractivity contribution in [1.82, 2.24) is 0 Å². The molecule has 0 bridgehead atoms. The number of hydrogen-bond donors (Lipinski definition) is 2. The van der Waals surface area contributed by atoms with Crippen LogP contribution in [0.1, 0.15) is 36.3 Å². The number of ether oxygens (including phenoxy) is 2. The summed E-state index contributed by atoms with van der Waals surface area (Å²) >= 11 is 0. The van der Waals surface area contributed by atoms with Crippen LogP contribution in [0.5, 0.6) is 11.5 Å². The molecule has 1 aromatic carbocycles. The number of benzene rings is 1. The average molecular weight is 372 g/mol. The lowest BCUT2D eigenvalue weighted by Crippen LogP contribution is -2.15. The van der Waals surface area contributed by atoms with E-state index >= 15 is 0 Å². The largest absolute Gasteiger partial charge is 0.502 e. The van der Waals surface area contributed by atoms with Crippen molar-refractivity contribution < 1.29 is 28.9 Å². The normalized spacial score (nSPS) is 11.4. The van der Waals surface area contributed by atoms with Crippen molar-refractivity contribution in [2.45, 2.75) is 25.9 Å². The van der Waals surface area contributed by atoms with Gasteiger partial charge in [-0.25, -0.2) is 0 Å². The van der Waals surface area contributed by atoms with Crippen molar-refractivity contribution in [2.24, 2.45) is 0 Å². The highest BCUT2D eigenvalue weighted by molar-refractivity contribution is 5.71. The molecule has 0 spiro atoms. The summed E-state index contributed by atoms with van der Waals surface area (Å²) in [4.78, 5) is 24.0. The third kappa shape index (κ3) is 5.12. The van der Waals surface area contributed by atoms with E-state index in [0.717, 1.165) is 6.07 Å². The van der Waals surface area contributed by atoms with Gasteiger partial charge in [0.1, 0.15) is 24.7 Å². The molecular formula is C20H20O7. The summed E-state index contributed by atoms with van der Waals surface area (Å²) in [6.07, 6.45) is 4.99. The van der Waals surface area contributed by atoms with Gasteiger partial charge in [-0.1, -0.05) is 18.1 Å². The molecule has 7 heteroatoms. The zero-order chi connectivity index (χ0) is 19.8. The predicted molar refractivity (Wildman–Crippen MR) is 96.4 cm³/mol. The maximum atomic E-state index is 12.0. The molecule has 2 rings (SSSR count). The minimum atomic E-state index is -0.787. The zero-order valence-corrected chi connectivity index (χ0v) is 14.8. The Kier molecular flexibility index (Phi) is 7.03. The van der Waals surface area contributed by atoms with Crippen LogP contribution in [0.15, 0.2) is 39.5 Å². The van der Waals surface area contributed by atoms with Crippen LogP contribution < -0.4 is 10.2 Å². The summed E-state index contributed by atoms with van der Waals surface area (Å²) in [5, 5.41) is 19.5. The van der Waals surface area contributed by atoms with Gasteiger partial charge in [0.25, 0.3) is 0 Å². The molecule has 1 heterocycles. The molecular weight excluding hydrogens is 352 g/mol. The van der Waals surface area contributed by atoms with E-state index in [1.807, 2.05) is 0 Å². The maximum absolute atomic E-state index is 12.0. The SMILES string of the molecule is C#CCOc1ccc([C@@H](CC(=O)OCC)c2oc(CO)cc(=O)c2O)cc1. The second-order valence-electron chi connectivity index (χ2n) is 5.57. The van der Waals surface area contributed by atoms with Gasteiger partial charge >= 0.3 is 5.97 Å². The number of aliphatic hydroxyl groups is 1. The van der Waals surface area contributed by atoms with Gasteiger partial charge in [-0.3, -0.25) is 9.59 Å². The van der Waals surface area contributed by atoms with Crippen LogP contribution in [0.2, 0.25) is 0 Å². The Morgan fingerprint density at radius 2 is 2.04 bits per heavy atom. The van der Waals surface area contributed by atoms with Gasteiger partial charge in [0.05, 0.1) is 18.9 Å². The van der Waals surface area contributed by atoms with Crippen molar-refractivity contribution in [3.8, 4) is 23.8 Å². The first-order valence-corrected chi connectivity index (χ1v) is 8.28. The molecule has 0 saturated heterocycles. The average Bonchev–Trinajstić information content (AvgIpc) is 2.67. The number of rotatable bonds is 8. The van der Waals surface area contributed by atoms with Gasteiger partial charge in [-0.05, 0) is 24.6 Å². The first-order valence-electron chi connectivity index (χ1n) is 8.28. The Bertz CT molecular complexity index is 875. The summed E-state index contributed by atoms with van der Waals surface area (Å²) in [7, 11) is 0. The van der Waals surface area contributed by atoms with Crippen LogP contribution in [-0.2, 0) is 16.1 Å². The van der Waals surface area contributed by atoms with Crippen LogP contribution in [0.25, 0.3) is 0 Å². The van der Waals surface area contributed by atoms with Crippen molar-refractivity contribution in [2.75, 3.05) is 13.2 Å². The fourth-order valence-electron chi connectivity index (χ4n) is 2.54. The number of hydrogen-bond acceptors (Lipinski definition) is 7. The Balaban J connectivity index is 2.46. The molecule has 0 amide bonds. The second kappa shape index (κ2) is 9.46. The van der Waals surface area contributed by atoms with Crippen LogP contribution in [0.4, 0.5) is 0 Å². The van der Waals surface area contributed by atoms with Gasteiger partial charge in [-0.2, -0.15) is 0 Å². The molecule has 27 heavy (non-hydrogen) atoms.